The van der Waals surface area contributed by atoms with Gasteiger partial charge in [0.15, 0.2) is 0 Å². The summed E-state index contributed by atoms with van der Waals surface area (Å²) < 4.78 is 9.70. The highest BCUT2D eigenvalue weighted by Crippen LogP contribution is 2.37. The van der Waals surface area contributed by atoms with Crippen molar-refractivity contribution in [3.63, 3.8) is 0 Å². The highest BCUT2D eigenvalue weighted by atomic mass is 16.5. The quantitative estimate of drug-likeness (QED) is 0.0906. The summed E-state index contributed by atoms with van der Waals surface area (Å²) in [6.45, 7) is 1.79. The standard InChI is InChI=1S/C49H53N9O6/c1-56(2)30-36-27-35(39-29-51-45(53-39)41-18-12-26-58(41)47(60)43(55-49(62)64-4)34-15-9-6-10-16-34)23-24-37(36)31-19-21-32(22-20-31)38-28-50-44(52-38)40-17-11-25-57(40)46(59)42(54-48(61)63-3)33-13-7-5-8-14-33/h5-10,13-16,19-24,27-29,40-43H,11-12,17-18,25-26,30H2,1-4H3,(H,50,52)(H,51,53)(H,54,61)(H,55,62)/t40-,41-,42+,43+/m0/s1. The third kappa shape index (κ3) is 9.39. The molecule has 4 amide bonds. The van der Waals surface area contributed by atoms with Crippen molar-refractivity contribution in [2.45, 2.75) is 56.4 Å². The maximum atomic E-state index is 14.0. The van der Waals surface area contributed by atoms with Crippen LogP contribution < -0.4 is 10.6 Å². The first-order valence-electron chi connectivity index (χ1n) is 21.5. The number of aromatic amines is 2. The summed E-state index contributed by atoms with van der Waals surface area (Å²) in [5.41, 5.74) is 8.25. The fraction of sp³-hybridized carbons (Fsp3) is 0.306. The summed E-state index contributed by atoms with van der Waals surface area (Å²) in [5.74, 6) is 0.954. The molecule has 0 aliphatic carbocycles. The molecule has 2 fully saturated rings. The van der Waals surface area contributed by atoms with Crippen LogP contribution in [0.15, 0.2) is 116 Å². The van der Waals surface area contributed by atoms with Crippen molar-refractivity contribution in [1.29, 1.82) is 0 Å². The van der Waals surface area contributed by atoms with Crippen molar-refractivity contribution in [3.05, 3.63) is 144 Å². The minimum absolute atomic E-state index is 0.218. The van der Waals surface area contributed by atoms with E-state index in [1.54, 1.807) is 16.0 Å². The molecule has 0 bridgehead atoms. The van der Waals surface area contributed by atoms with E-state index < -0.39 is 24.3 Å². The first-order chi connectivity index (χ1) is 31.1. The largest absolute Gasteiger partial charge is 0.453 e. The molecular formula is C49H53N9O6. The van der Waals surface area contributed by atoms with Gasteiger partial charge in [-0.05, 0) is 84.8 Å². The van der Waals surface area contributed by atoms with Crippen molar-refractivity contribution in [1.82, 2.24) is 45.3 Å². The predicted molar refractivity (Wildman–Crippen MR) is 241 cm³/mol. The van der Waals surface area contributed by atoms with Gasteiger partial charge in [0.05, 0.1) is 50.1 Å². The lowest BCUT2D eigenvalue weighted by Gasteiger charge is -2.28. The van der Waals surface area contributed by atoms with Gasteiger partial charge in [-0.3, -0.25) is 9.59 Å². The van der Waals surface area contributed by atoms with E-state index in [0.29, 0.717) is 42.4 Å². The van der Waals surface area contributed by atoms with E-state index >= 15 is 0 Å². The Kier molecular flexibility index (Phi) is 13.2. The molecule has 2 aliphatic heterocycles. The van der Waals surface area contributed by atoms with Gasteiger partial charge in [0.2, 0.25) is 0 Å². The van der Waals surface area contributed by atoms with Gasteiger partial charge in [0, 0.05) is 19.6 Å². The minimum atomic E-state index is -0.895. The molecule has 4 atom stereocenters. The molecule has 0 spiro atoms. The summed E-state index contributed by atoms with van der Waals surface area (Å²) in [5, 5.41) is 5.45. The zero-order valence-corrected chi connectivity index (χ0v) is 36.4. The van der Waals surface area contributed by atoms with Crippen molar-refractivity contribution in [2.75, 3.05) is 41.4 Å². The minimum Gasteiger partial charge on any atom is -0.453 e. The summed E-state index contributed by atoms with van der Waals surface area (Å²) >= 11 is 0. The first-order valence-corrected chi connectivity index (χ1v) is 21.5. The van der Waals surface area contributed by atoms with Crippen LogP contribution in [0.3, 0.4) is 0 Å². The van der Waals surface area contributed by atoms with Gasteiger partial charge in [-0.2, -0.15) is 0 Å². The van der Waals surface area contributed by atoms with Gasteiger partial charge in [-0.1, -0.05) is 97.1 Å². The molecule has 6 aromatic rings. The lowest BCUT2D eigenvalue weighted by atomic mass is 9.95. The van der Waals surface area contributed by atoms with Crippen molar-refractivity contribution in [2.24, 2.45) is 0 Å². The number of alkyl carbamates (subject to hydrolysis) is 2. The van der Waals surface area contributed by atoms with E-state index in [-0.39, 0.29) is 23.9 Å². The average molecular weight is 864 g/mol. The summed E-state index contributed by atoms with van der Waals surface area (Å²) in [4.78, 5) is 74.9. The Balaban J connectivity index is 0.987. The molecule has 0 unspecified atom stereocenters. The average Bonchev–Trinajstić information content (AvgIpc) is 4.17. The number of methoxy groups -OCH3 is 2. The molecule has 2 aromatic heterocycles. The Morgan fingerprint density at radius 2 is 1.11 bits per heavy atom. The number of likely N-dealkylation sites (tertiary alicyclic amines) is 2. The second-order valence-electron chi connectivity index (χ2n) is 16.4. The highest BCUT2D eigenvalue weighted by Gasteiger charge is 2.38. The van der Waals surface area contributed by atoms with Crippen LogP contribution in [-0.2, 0) is 25.6 Å². The fourth-order valence-electron chi connectivity index (χ4n) is 8.83. The van der Waals surface area contributed by atoms with Crippen LogP contribution in [0, 0.1) is 0 Å². The summed E-state index contributed by atoms with van der Waals surface area (Å²) in [6, 6.07) is 30.8. The zero-order valence-electron chi connectivity index (χ0n) is 36.4. The Morgan fingerprint density at radius 1 is 0.656 bits per heavy atom. The number of carbonyl (C=O) groups is 4. The van der Waals surface area contributed by atoms with Crippen LogP contribution >= 0.6 is 0 Å². The van der Waals surface area contributed by atoms with E-state index in [1.807, 2.05) is 81.0 Å². The smallest absolute Gasteiger partial charge is 0.407 e. The van der Waals surface area contributed by atoms with Gasteiger partial charge in [0.25, 0.3) is 11.8 Å². The summed E-state index contributed by atoms with van der Waals surface area (Å²) in [7, 11) is 6.65. The van der Waals surface area contributed by atoms with Crippen molar-refractivity contribution >= 4 is 24.0 Å². The second kappa shape index (κ2) is 19.4. The molecular weight excluding hydrogens is 811 g/mol. The van der Waals surface area contributed by atoms with Crippen LogP contribution in [0.25, 0.3) is 33.6 Å². The Morgan fingerprint density at radius 3 is 1.58 bits per heavy atom. The number of hydrogen-bond acceptors (Lipinski definition) is 9. The lowest BCUT2D eigenvalue weighted by Crippen LogP contribution is -2.42. The van der Waals surface area contributed by atoms with Gasteiger partial charge in [0.1, 0.15) is 23.7 Å². The lowest BCUT2D eigenvalue weighted by molar-refractivity contribution is -0.135. The molecule has 4 heterocycles. The maximum absolute atomic E-state index is 14.0. The molecule has 0 radical (unpaired) electrons. The Hall–Kier alpha value is -7.26. The predicted octanol–water partition coefficient (Wildman–Crippen LogP) is 7.72. The third-order valence-electron chi connectivity index (χ3n) is 12.0. The molecule has 0 saturated carbocycles. The van der Waals surface area contributed by atoms with E-state index in [0.717, 1.165) is 64.9 Å². The molecule has 4 N–H and O–H groups in total. The number of H-pyrrole nitrogens is 2. The highest BCUT2D eigenvalue weighted by molar-refractivity contribution is 5.88. The second-order valence-corrected chi connectivity index (χ2v) is 16.4. The molecule has 64 heavy (non-hydrogen) atoms. The van der Waals surface area contributed by atoms with E-state index in [2.05, 4.69) is 68.0 Å². The van der Waals surface area contributed by atoms with Crippen LogP contribution in [0.2, 0.25) is 0 Å². The number of aromatic nitrogens is 4. The maximum Gasteiger partial charge on any atom is 0.407 e. The number of nitrogens with zero attached hydrogens (tertiary/aromatic N) is 5. The molecule has 15 nitrogen and oxygen atoms in total. The number of ether oxygens (including phenoxy) is 2. The van der Waals surface area contributed by atoms with Gasteiger partial charge in [-0.15, -0.1) is 0 Å². The van der Waals surface area contributed by atoms with Crippen molar-refractivity contribution in [3.8, 4) is 33.6 Å². The molecule has 15 heteroatoms. The monoisotopic (exact) mass is 863 g/mol. The molecule has 8 rings (SSSR count). The number of carbonyl (C=O) groups excluding carboxylic acids is 4. The van der Waals surface area contributed by atoms with Gasteiger partial charge < -0.3 is 44.8 Å². The SMILES string of the molecule is COC(=O)N[C@@H](C(=O)N1CCC[C@H]1c1ncc(-c2ccc(-c3ccc(-c4cnc([C@@H]5CCCN5C(=O)[C@H](NC(=O)OC)c5ccccc5)[nH]4)cc3CN(C)C)cc2)[nH]1)c1ccccc1. The first kappa shape index (κ1) is 43.4. The number of nitrogens with one attached hydrogen (secondary N) is 4. The van der Waals surface area contributed by atoms with E-state index in [4.69, 9.17) is 19.4 Å². The number of rotatable bonds is 13. The molecule has 2 saturated heterocycles. The molecule has 2 aliphatic rings. The number of hydrogen-bond donors (Lipinski definition) is 4. The van der Waals surface area contributed by atoms with Gasteiger partial charge in [-0.25, -0.2) is 19.6 Å². The Bertz CT molecular complexity index is 2580. The molecule has 330 valence electrons. The van der Waals surface area contributed by atoms with Crippen LogP contribution in [0.5, 0.6) is 0 Å². The topological polar surface area (TPSA) is 178 Å². The number of amides is 4. The van der Waals surface area contributed by atoms with E-state index in [1.165, 1.54) is 14.2 Å². The fourth-order valence-corrected chi connectivity index (χ4v) is 8.83. The van der Waals surface area contributed by atoms with Crippen LogP contribution in [0.4, 0.5) is 9.59 Å². The zero-order chi connectivity index (χ0) is 44.7. The summed E-state index contributed by atoms with van der Waals surface area (Å²) in [6.07, 6.45) is 5.37. The third-order valence-corrected chi connectivity index (χ3v) is 12.0. The van der Waals surface area contributed by atoms with Crippen LogP contribution in [0.1, 0.15) is 78.2 Å². The normalized spacial score (nSPS) is 17.0. The van der Waals surface area contributed by atoms with Gasteiger partial charge >= 0.3 is 12.2 Å². The number of benzene rings is 4. The molecule has 4 aromatic carbocycles. The van der Waals surface area contributed by atoms with Crippen molar-refractivity contribution < 1.29 is 28.7 Å². The van der Waals surface area contributed by atoms with E-state index in [9.17, 15) is 19.2 Å². The number of imidazole rings is 2. The van der Waals surface area contributed by atoms with Crippen LogP contribution in [-0.4, -0.2) is 100 Å². The Labute approximate surface area is 372 Å².